The van der Waals surface area contributed by atoms with Gasteiger partial charge in [0.25, 0.3) is 0 Å². The number of likely N-dealkylation sites (N-methyl/N-ethyl adjacent to an activating group) is 2. The van der Waals surface area contributed by atoms with Gasteiger partial charge in [-0.1, -0.05) is 25.1 Å². The second-order valence-electron chi connectivity index (χ2n) is 5.56. The monoisotopic (exact) mass is 289 g/mol. The Labute approximate surface area is 128 Å². The largest absolute Gasteiger partial charge is 0.311 e. The van der Waals surface area contributed by atoms with Crippen LogP contribution in [0.1, 0.15) is 20.8 Å². The van der Waals surface area contributed by atoms with Crippen molar-refractivity contribution in [2.75, 3.05) is 44.2 Å². The standard InChI is InChI=1S/C17H27N3O/c1-4-18-11-13-19(14-12-18)15(3)17(21)20(5-2)16-9-7-6-8-10-16/h6-10,15H,4-5,11-14H2,1-3H3. The minimum absolute atomic E-state index is 0.0517. The van der Waals surface area contributed by atoms with E-state index in [2.05, 4.69) is 16.7 Å². The van der Waals surface area contributed by atoms with Crippen LogP contribution in [0.5, 0.6) is 0 Å². The molecular formula is C17H27N3O. The molecule has 0 N–H and O–H groups in total. The Kier molecular flexibility index (Phi) is 5.76. The third-order valence-electron chi connectivity index (χ3n) is 4.41. The average Bonchev–Trinajstić information content (AvgIpc) is 2.56. The first-order chi connectivity index (χ1) is 10.2. The van der Waals surface area contributed by atoms with E-state index in [4.69, 9.17) is 0 Å². The van der Waals surface area contributed by atoms with Gasteiger partial charge in [-0.25, -0.2) is 0 Å². The summed E-state index contributed by atoms with van der Waals surface area (Å²) >= 11 is 0. The van der Waals surface area contributed by atoms with Crippen molar-refractivity contribution in [3.8, 4) is 0 Å². The molecule has 1 aromatic rings. The van der Waals surface area contributed by atoms with Crippen molar-refractivity contribution in [3.05, 3.63) is 30.3 Å². The number of rotatable bonds is 5. The minimum Gasteiger partial charge on any atom is -0.311 e. The number of para-hydroxylation sites is 1. The van der Waals surface area contributed by atoms with Gasteiger partial charge in [0.05, 0.1) is 6.04 Å². The van der Waals surface area contributed by atoms with Gasteiger partial charge in [0, 0.05) is 38.4 Å². The van der Waals surface area contributed by atoms with Crippen LogP contribution in [0.25, 0.3) is 0 Å². The lowest BCUT2D eigenvalue weighted by molar-refractivity contribution is -0.123. The molecule has 0 saturated carbocycles. The zero-order chi connectivity index (χ0) is 15.2. The number of amides is 1. The fourth-order valence-corrected chi connectivity index (χ4v) is 2.92. The Bertz CT molecular complexity index is 441. The van der Waals surface area contributed by atoms with Crippen molar-refractivity contribution in [3.63, 3.8) is 0 Å². The lowest BCUT2D eigenvalue weighted by Gasteiger charge is -2.38. The van der Waals surface area contributed by atoms with Crippen molar-refractivity contribution in [1.82, 2.24) is 9.80 Å². The highest BCUT2D eigenvalue weighted by molar-refractivity contribution is 5.96. The molecule has 0 radical (unpaired) electrons. The van der Waals surface area contributed by atoms with Gasteiger partial charge in [-0.05, 0) is 32.5 Å². The van der Waals surface area contributed by atoms with E-state index in [9.17, 15) is 4.79 Å². The van der Waals surface area contributed by atoms with Crippen LogP contribution >= 0.6 is 0 Å². The normalized spacial score (nSPS) is 18.4. The summed E-state index contributed by atoms with van der Waals surface area (Å²) in [7, 11) is 0. The van der Waals surface area contributed by atoms with Crippen molar-refractivity contribution in [2.24, 2.45) is 0 Å². The summed E-state index contributed by atoms with van der Waals surface area (Å²) in [6, 6.07) is 9.90. The summed E-state index contributed by atoms with van der Waals surface area (Å²) < 4.78 is 0. The maximum Gasteiger partial charge on any atom is 0.244 e. The highest BCUT2D eigenvalue weighted by Gasteiger charge is 2.28. The fraction of sp³-hybridized carbons (Fsp3) is 0.588. The molecule has 0 aromatic heterocycles. The van der Waals surface area contributed by atoms with E-state index in [0.717, 1.165) is 38.4 Å². The van der Waals surface area contributed by atoms with Crippen LogP contribution in [-0.4, -0.2) is 61.0 Å². The first-order valence-electron chi connectivity index (χ1n) is 8.00. The van der Waals surface area contributed by atoms with E-state index in [0.29, 0.717) is 6.54 Å². The molecule has 1 atom stereocenters. The number of anilines is 1. The predicted octanol–water partition coefficient (Wildman–Crippen LogP) is 2.07. The molecule has 2 rings (SSSR count). The number of carbonyl (C=O) groups excluding carboxylic acids is 1. The summed E-state index contributed by atoms with van der Waals surface area (Å²) in [5.74, 6) is 0.202. The summed E-state index contributed by atoms with van der Waals surface area (Å²) in [4.78, 5) is 19.4. The molecule has 1 saturated heterocycles. The van der Waals surface area contributed by atoms with Gasteiger partial charge in [-0.3, -0.25) is 9.69 Å². The van der Waals surface area contributed by atoms with Crippen LogP contribution < -0.4 is 4.90 Å². The SMILES string of the molecule is CCN1CCN(C(C)C(=O)N(CC)c2ccccc2)CC1. The summed E-state index contributed by atoms with van der Waals surface area (Å²) in [5.41, 5.74) is 0.990. The molecule has 21 heavy (non-hydrogen) atoms. The fourth-order valence-electron chi connectivity index (χ4n) is 2.92. The minimum atomic E-state index is -0.0517. The van der Waals surface area contributed by atoms with Crippen LogP contribution in [0.3, 0.4) is 0 Å². The molecule has 1 aromatic carbocycles. The Hall–Kier alpha value is -1.39. The van der Waals surface area contributed by atoms with Gasteiger partial charge >= 0.3 is 0 Å². The molecule has 0 spiro atoms. The second kappa shape index (κ2) is 7.57. The van der Waals surface area contributed by atoms with E-state index in [-0.39, 0.29) is 11.9 Å². The molecule has 4 nitrogen and oxygen atoms in total. The third kappa shape index (κ3) is 3.83. The van der Waals surface area contributed by atoms with E-state index >= 15 is 0 Å². The second-order valence-corrected chi connectivity index (χ2v) is 5.56. The van der Waals surface area contributed by atoms with Crippen molar-refractivity contribution in [1.29, 1.82) is 0 Å². The number of nitrogens with zero attached hydrogens (tertiary/aromatic N) is 3. The number of benzene rings is 1. The van der Waals surface area contributed by atoms with Crippen LogP contribution in [0, 0.1) is 0 Å². The van der Waals surface area contributed by atoms with Gasteiger partial charge in [0.1, 0.15) is 0 Å². The van der Waals surface area contributed by atoms with Gasteiger partial charge < -0.3 is 9.80 Å². The van der Waals surface area contributed by atoms with Crippen LogP contribution in [0.2, 0.25) is 0 Å². The Balaban J connectivity index is 2.01. The number of hydrogen-bond donors (Lipinski definition) is 0. The predicted molar refractivity (Wildman–Crippen MR) is 87.6 cm³/mol. The first kappa shape index (κ1) is 16.0. The molecule has 0 bridgehead atoms. The van der Waals surface area contributed by atoms with Gasteiger partial charge in [-0.15, -0.1) is 0 Å². The molecule has 1 aliphatic rings. The van der Waals surface area contributed by atoms with Gasteiger partial charge in [0.15, 0.2) is 0 Å². The summed E-state index contributed by atoms with van der Waals surface area (Å²) in [6.07, 6.45) is 0. The smallest absolute Gasteiger partial charge is 0.244 e. The zero-order valence-electron chi connectivity index (χ0n) is 13.5. The number of carbonyl (C=O) groups is 1. The van der Waals surface area contributed by atoms with E-state index in [1.165, 1.54) is 0 Å². The molecule has 4 heteroatoms. The zero-order valence-corrected chi connectivity index (χ0v) is 13.5. The van der Waals surface area contributed by atoms with Crippen LogP contribution in [0.15, 0.2) is 30.3 Å². The number of hydrogen-bond acceptors (Lipinski definition) is 3. The van der Waals surface area contributed by atoms with E-state index < -0.39 is 0 Å². The molecule has 116 valence electrons. The summed E-state index contributed by atoms with van der Waals surface area (Å²) in [5, 5.41) is 0. The highest BCUT2D eigenvalue weighted by atomic mass is 16.2. The molecular weight excluding hydrogens is 262 g/mol. The molecule has 0 aliphatic carbocycles. The molecule has 1 aliphatic heterocycles. The first-order valence-corrected chi connectivity index (χ1v) is 8.00. The van der Waals surface area contributed by atoms with Crippen molar-refractivity contribution in [2.45, 2.75) is 26.8 Å². The Morgan fingerprint density at radius 3 is 2.29 bits per heavy atom. The van der Waals surface area contributed by atoms with E-state index in [1.807, 2.05) is 49.1 Å². The highest BCUT2D eigenvalue weighted by Crippen LogP contribution is 2.16. The topological polar surface area (TPSA) is 26.8 Å². The molecule has 1 amide bonds. The van der Waals surface area contributed by atoms with Crippen molar-refractivity contribution >= 4 is 11.6 Å². The van der Waals surface area contributed by atoms with Gasteiger partial charge in [-0.2, -0.15) is 0 Å². The maximum absolute atomic E-state index is 12.8. The quantitative estimate of drug-likeness (QED) is 0.830. The molecule has 1 fully saturated rings. The maximum atomic E-state index is 12.8. The van der Waals surface area contributed by atoms with Crippen LogP contribution in [0.4, 0.5) is 5.69 Å². The van der Waals surface area contributed by atoms with Gasteiger partial charge in [0.2, 0.25) is 5.91 Å². The lowest BCUT2D eigenvalue weighted by Crippen LogP contribution is -2.54. The number of piperazine rings is 1. The lowest BCUT2D eigenvalue weighted by atomic mass is 10.2. The van der Waals surface area contributed by atoms with E-state index in [1.54, 1.807) is 0 Å². The molecule has 1 unspecified atom stereocenters. The summed E-state index contributed by atoms with van der Waals surface area (Å²) in [6.45, 7) is 12.2. The Morgan fingerprint density at radius 1 is 1.14 bits per heavy atom. The third-order valence-corrected chi connectivity index (χ3v) is 4.41. The average molecular weight is 289 g/mol. The molecule has 1 heterocycles. The van der Waals surface area contributed by atoms with Crippen LogP contribution in [-0.2, 0) is 4.79 Å². The van der Waals surface area contributed by atoms with Crippen molar-refractivity contribution < 1.29 is 4.79 Å². The Morgan fingerprint density at radius 2 is 1.76 bits per heavy atom.